The molecule has 0 bridgehead atoms. The Balaban J connectivity index is 1.85. The van der Waals surface area contributed by atoms with Crippen LogP contribution in [-0.2, 0) is 4.74 Å². The average Bonchev–Trinajstić information content (AvgIpc) is 3.08. The molecule has 1 aromatic carbocycles. The molecule has 0 spiro atoms. The summed E-state index contributed by atoms with van der Waals surface area (Å²) < 4.78 is 33.5. The molecule has 0 aliphatic carbocycles. The van der Waals surface area contributed by atoms with Gasteiger partial charge in [0.1, 0.15) is 5.75 Å². The summed E-state index contributed by atoms with van der Waals surface area (Å²) in [6.07, 6.45) is 0. The van der Waals surface area contributed by atoms with Crippen LogP contribution in [0.15, 0.2) is 36.4 Å². The minimum atomic E-state index is -2.84. The highest BCUT2D eigenvalue weighted by atomic mass is 32.1. The fourth-order valence-electron chi connectivity index (χ4n) is 2.07. The van der Waals surface area contributed by atoms with E-state index in [0.717, 1.165) is 17.0 Å². The van der Waals surface area contributed by atoms with Crippen LogP contribution < -0.4 is 15.4 Å². The minimum Gasteiger partial charge on any atom is -0.435 e. The van der Waals surface area contributed by atoms with Gasteiger partial charge in [-0.3, -0.25) is 4.79 Å². The van der Waals surface area contributed by atoms with Gasteiger partial charge in [-0.25, -0.2) is 0 Å². The standard InChI is InChI=1S/C17H20F2N2O3S/c1-23-11-10-20-8-9-21-16(22)15-7-6-14(25-15)12-2-4-13(5-3-12)24-17(18)19/h2-7,17,20H,8-11H2,1H3,(H,21,22). The van der Waals surface area contributed by atoms with Gasteiger partial charge in [-0.05, 0) is 42.0 Å². The number of benzene rings is 1. The van der Waals surface area contributed by atoms with Crippen LogP contribution >= 0.6 is 11.3 Å². The third-order valence-electron chi connectivity index (χ3n) is 3.26. The number of carbonyl (C=O) groups excluding carboxylic acids is 1. The lowest BCUT2D eigenvalue weighted by Crippen LogP contribution is -2.32. The maximum Gasteiger partial charge on any atom is 0.387 e. The molecule has 2 rings (SSSR count). The largest absolute Gasteiger partial charge is 0.435 e. The molecule has 2 N–H and O–H groups in total. The first-order valence-corrected chi connectivity index (χ1v) is 8.54. The highest BCUT2D eigenvalue weighted by Crippen LogP contribution is 2.29. The molecule has 25 heavy (non-hydrogen) atoms. The first kappa shape index (κ1) is 19.3. The van der Waals surface area contributed by atoms with Crippen LogP contribution in [0.5, 0.6) is 5.75 Å². The van der Waals surface area contributed by atoms with Crippen LogP contribution in [0, 0.1) is 0 Å². The molecule has 8 heteroatoms. The van der Waals surface area contributed by atoms with Crippen molar-refractivity contribution in [3.8, 4) is 16.2 Å². The van der Waals surface area contributed by atoms with Crippen LogP contribution in [0.2, 0.25) is 0 Å². The Hall–Kier alpha value is -2.03. The van der Waals surface area contributed by atoms with Crippen molar-refractivity contribution in [1.29, 1.82) is 0 Å². The lowest BCUT2D eigenvalue weighted by atomic mass is 10.2. The maximum absolute atomic E-state index is 12.1. The molecule has 5 nitrogen and oxygen atoms in total. The van der Waals surface area contributed by atoms with Crippen molar-refractivity contribution in [1.82, 2.24) is 10.6 Å². The number of hydrogen-bond donors (Lipinski definition) is 2. The van der Waals surface area contributed by atoms with Gasteiger partial charge in [0.2, 0.25) is 0 Å². The summed E-state index contributed by atoms with van der Waals surface area (Å²) in [7, 11) is 1.64. The molecule has 0 aliphatic rings. The van der Waals surface area contributed by atoms with E-state index >= 15 is 0 Å². The van der Waals surface area contributed by atoms with Gasteiger partial charge in [-0.1, -0.05) is 0 Å². The zero-order chi connectivity index (χ0) is 18.1. The highest BCUT2D eigenvalue weighted by Gasteiger charge is 2.10. The number of halogens is 2. The predicted molar refractivity (Wildman–Crippen MR) is 93.5 cm³/mol. The topological polar surface area (TPSA) is 59.6 Å². The molecule has 0 radical (unpaired) electrons. The van der Waals surface area contributed by atoms with Crippen molar-refractivity contribution in [2.24, 2.45) is 0 Å². The van der Waals surface area contributed by atoms with E-state index in [2.05, 4.69) is 15.4 Å². The molecule has 0 atom stereocenters. The average molecular weight is 370 g/mol. The summed E-state index contributed by atoms with van der Waals surface area (Å²) in [5, 5.41) is 5.98. The zero-order valence-electron chi connectivity index (χ0n) is 13.8. The third-order valence-corrected chi connectivity index (χ3v) is 4.40. The summed E-state index contributed by atoms with van der Waals surface area (Å²) in [6, 6.07) is 9.91. The number of thiophene rings is 1. The molecule has 0 aliphatic heterocycles. The van der Waals surface area contributed by atoms with Crippen LogP contribution in [0.4, 0.5) is 8.78 Å². The second kappa shape index (κ2) is 10.1. The Labute approximate surface area is 149 Å². The van der Waals surface area contributed by atoms with Gasteiger partial charge in [0.15, 0.2) is 0 Å². The van der Waals surface area contributed by atoms with Gasteiger partial charge in [0, 0.05) is 31.6 Å². The molecule has 0 unspecified atom stereocenters. The molecule has 2 aromatic rings. The monoisotopic (exact) mass is 370 g/mol. The van der Waals surface area contributed by atoms with Gasteiger partial charge >= 0.3 is 6.61 Å². The first-order valence-electron chi connectivity index (χ1n) is 7.73. The summed E-state index contributed by atoms with van der Waals surface area (Å²) in [4.78, 5) is 13.6. The summed E-state index contributed by atoms with van der Waals surface area (Å²) in [5.41, 5.74) is 0.840. The molecule has 0 saturated heterocycles. The summed E-state index contributed by atoms with van der Waals surface area (Å²) in [5.74, 6) is -0.0308. The Bertz CT molecular complexity index is 662. The maximum atomic E-state index is 12.1. The van der Waals surface area contributed by atoms with Crippen molar-refractivity contribution in [3.63, 3.8) is 0 Å². The number of methoxy groups -OCH3 is 1. The normalized spacial score (nSPS) is 10.9. The van der Waals surface area contributed by atoms with E-state index < -0.39 is 6.61 Å². The Morgan fingerprint density at radius 2 is 1.88 bits per heavy atom. The smallest absolute Gasteiger partial charge is 0.387 e. The number of amides is 1. The van der Waals surface area contributed by atoms with E-state index in [1.165, 1.54) is 23.5 Å². The Kier molecular flexibility index (Phi) is 7.77. The fourth-order valence-corrected chi connectivity index (χ4v) is 2.99. The lowest BCUT2D eigenvalue weighted by molar-refractivity contribution is -0.0498. The van der Waals surface area contributed by atoms with E-state index in [4.69, 9.17) is 4.74 Å². The number of hydrogen-bond acceptors (Lipinski definition) is 5. The number of nitrogens with one attached hydrogen (secondary N) is 2. The van der Waals surface area contributed by atoms with Gasteiger partial charge in [-0.15, -0.1) is 11.3 Å². The SMILES string of the molecule is COCCNCCNC(=O)c1ccc(-c2ccc(OC(F)F)cc2)s1. The molecule has 1 amide bonds. The van der Waals surface area contributed by atoms with Gasteiger partial charge < -0.3 is 20.1 Å². The highest BCUT2D eigenvalue weighted by molar-refractivity contribution is 7.17. The minimum absolute atomic E-state index is 0.106. The molecule has 0 saturated carbocycles. The number of carbonyl (C=O) groups is 1. The van der Waals surface area contributed by atoms with Crippen LogP contribution in [0.25, 0.3) is 10.4 Å². The van der Waals surface area contributed by atoms with Gasteiger partial charge in [-0.2, -0.15) is 8.78 Å². The molecular formula is C17H20F2N2O3S. The van der Waals surface area contributed by atoms with Crippen molar-refractivity contribution < 1.29 is 23.0 Å². The lowest BCUT2D eigenvalue weighted by Gasteiger charge is -2.05. The van der Waals surface area contributed by atoms with Crippen molar-refractivity contribution in [3.05, 3.63) is 41.3 Å². The van der Waals surface area contributed by atoms with Gasteiger partial charge in [0.05, 0.1) is 11.5 Å². The van der Waals surface area contributed by atoms with E-state index in [-0.39, 0.29) is 11.7 Å². The van der Waals surface area contributed by atoms with Crippen LogP contribution in [0.1, 0.15) is 9.67 Å². The Morgan fingerprint density at radius 1 is 1.12 bits per heavy atom. The van der Waals surface area contributed by atoms with Crippen molar-refractivity contribution in [2.75, 3.05) is 33.4 Å². The molecule has 136 valence electrons. The van der Waals surface area contributed by atoms with Crippen molar-refractivity contribution >= 4 is 17.2 Å². The first-order chi connectivity index (χ1) is 12.1. The third kappa shape index (κ3) is 6.41. The van der Waals surface area contributed by atoms with E-state index in [1.807, 2.05) is 6.07 Å². The van der Waals surface area contributed by atoms with E-state index in [0.29, 0.717) is 24.6 Å². The Morgan fingerprint density at radius 3 is 2.56 bits per heavy atom. The second-order valence-electron chi connectivity index (χ2n) is 5.07. The molecule has 1 aromatic heterocycles. The quantitative estimate of drug-likeness (QED) is 0.632. The summed E-state index contributed by atoms with van der Waals surface area (Å²) >= 11 is 1.34. The van der Waals surface area contributed by atoms with Crippen LogP contribution in [-0.4, -0.2) is 45.9 Å². The molecule has 1 heterocycles. The van der Waals surface area contributed by atoms with Gasteiger partial charge in [0.25, 0.3) is 5.91 Å². The number of rotatable bonds is 10. The summed E-state index contributed by atoms with van der Waals surface area (Å²) in [6.45, 7) is -0.287. The number of alkyl halides is 2. The fraction of sp³-hybridized carbons (Fsp3) is 0.353. The van der Waals surface area contributed by atoms with E-state index in [9.17, 15) is 13.6 Å². The molecule has 0 fully saturated rings. The van der Waals surface area contributed by atoms with Crippen LogP contribution in [0.3, 0.4) is 0 Å². The number of ether oxygens (including phenoxy) is 2. The predicted octanol–water partition coefficient (Wildman–Crippen LogP) is 2.98. The van der Waals surface area contributed by atoms with Crippen molar-refractivity contribution in [2.45, 2.75) is 6.61 Å². The molecular weight excluding hydrogens is 350 g/mol. The van der Waals surface area contributed by atoms with E-state index in [1.54, 1.807) is 25.3 Å². The zero-order valence-corrected chi connectivity index (χ0v) is 14.6. The second-order valence-corrected chi connectivity index (χ2v) is 6.15.